The molecule has 1 fully saturated rings. The van der Waals surface area contributed by atoms with Gasteiger partial charge in [-0.3, -0.25) is 0 Å². The summed E-state index contributed by atoms with van der Waals surface area (Å²) in [6.45, 7) is 4.58. The predicted molar refractivity (Wildman–Crippen MR) is 83.4 cm³/mol. The maximum Gasteiger partial charge on any atom is 0.0648 e. The van der Waals surface area contributed by atoms with E-state index < -0.39 is 0 Å². The fraction of sp³-hybridized carbons (Fsp3) is 0.600. The van der Waals surface area contributed by atoms with Crippen molar-refractivity contribution in [2.24, 2.45) is 11.8 Å². The maximum atomic E-state index is 6.27. The molecular weight excluding hydrogens is 310 g/mol. The molecule has 1 aromatic carbocycles. The van der Waals surface area contributed by atoms with Crippen LogP contribution in [0.5, 0.6) is 0 Å². The van der Waals surface area contributed by atoms with Gasteiger partial charge >= 0.3 is 0 Å². The van der Waals surface area contributed by atoms with E-state index in [1.807, 2.05) is 12.1 Å². The van der Waals surface area contributed by atoms with Gasteiger partial charge in [-0.1, -0.05) is 41.4 Å². The quantitative estimate of drug-likeness (QED) is 0.702. The summed E-state index contributed by atoms with van der Waals surface area (Å²) in [6.07, 6.45) is 5.25. The van der Waals surface area contributed by atoms with Crippen LogP contribution in [0.25, 0.3) is 0 Å². The first kappa shape index (κ1) is 14.2. The van der Waals surface area contributed by atoms with E-state index in [0.29, 0.717) is 6.04 Å². The zero-order chi connectivity index (χ0) is 13.1. The lowest BCUT2D eigenvalue weighted by atomic mass is 10.00. The van der Waals surface area contributed by atoms with Crippen molar-refractivity contribution in [2.75, 3.05) is 5.32 Å². The number of halogens is 2. The van der Waals surface area contributed by atoms with Crippen molar-refractivity contribution in [3.8, 4) is 0 Å². The van der Waals surface area contributed by atoms with Crippen LogP contribution in [-0.2, 0) is 0 Å². The Balaban J connectivity index is 1.99. The van der Waals surface area contributed by atoms with Gasteiger partial charge in [-0.05, 0) is 55.7 Å². The van der Waals surface area contributed by atoms with Gasteiger partial charge in [0.1, 0.15) is 0 Å². The molecule has 0 radical (unpaired) electrons. The van der Waals surface area contributed by atoms with Crippen LogP contribution in [-0.4, -0.2) is 6.04 Å². The zero-order valence-electron chi connectivity index (χ0n) is 11.0. The Kier molecular flexibility index (Phi) is 4.97. The van der Waals surface area contributed by atoms with E-state index in [1.54, 1.807) is 0 Å². The smallest absolute Gasteiger partial charge is 0.0648 e. The summed E-state index contributed by atoms with van der Waals surface area (Å²) in [6, 6.07) is 6.65. The minimum Gasteiger partial charge on any atom is -0.381 e. The van der Waals surface area contributed by atoms with E-state index in [0.717, 1.165) is 27.0 Å². The number of hydrogen-bond donors (Lipinski definition) is 1. The van der Waals surface area contributed by atoms with Gasteiger partial charge in [-0.2, -0.15) is 0 Å². The second-order valence-corrected chi connectivity index (χ2v) is 7.01. The number of rotatable bonds is 6. The van der Waals surface area contributed by atoms with Gasteiger partial charge in [0.2, 0.25) is 0 Å². The summed E-state index contributed by atoms with van der Waals surface area (Å²) in [7, 11) is 0. The van der Waals surface area contributed by atoms with Crippen LogP contribution in [0.4, 0.5) is 5.69 Å². The number of benzene rings is 1. The minimum absolute atomic E-state index is 0.589. The molecule has 3 heteroatoms. The van der Waals surface area contributed by atoms with Crippen LogP contribution >= 0.6 is 27.5 Å². The summed E-state index contributed by atoms with van der Waals surface area (Å²) in [5.41, 5.74) is 1.07. The van der Waals surface area contributed by atoms with E-state index >= 15 is 0 Å². The first-order valence-electron chi connectivity index (χ1n) is 6.78. The molecular formula is C15H21BrClN. The Hall–Kier alpha value is -0.210. The lowest BCUT2D eigenvalue weighted by Gasteiger charge is -2.21. The first-order chi connectivity index (χ1) is 8.56. The highest BCUT2D eigenvalue weighted by Crippen LogP contribution is 2.38. The fourth-order valence-corrected chi connectivity index (χ4v) is 2.97. The minimum atomic E-state index is 0.589. The van der Waals surface area contributed by atoms with Gasteiger partial charge in [-0.25, -0.2) is 0 Å². The SMILES string of the molecule is CC(C)CCC(Nc1ccc(Br)cc1Cl)C1CC1. The van der Waals surface area contributed by atoms with Crippen LogP contribution in [0.1, 0.15) is 39.5 Å². The van der Waals surface area contributed by atoms with Gasteiger partial charge in [0.05, 0.1) is 10.7 Å². The molecule has 1 unspecified atom stereocenters. The average molecular weight is 331 g/mol. The third-order valence-electron chi connectivity index (χ3n) is 3.52. The van der Waals surface area contributed by atoms with Gasteiger partial charge in [0, 0.05) is 10.5 Å². The van der Waals surface area contributed by atoms with Crippen molar-refractivity contribution < 1.29 is 0 Å². The summed E-state index contributed by atoms with van der Waals surface area (Å²) >= 11 is 9.71. The molecule has 100 valence electrons. The van der Waals surface area contributed by atoms with Gasteiger partial charge in [-0.15, -0.1) is 0 Å². The highest BCUT2D eigenvalue weighted by atomic mass is 79.9. The fourth-order valence-electron chi connectivity index (χ4n) is 2.24. The molecule has 1 aliphatic carbocycles. The Labute approximate surface area is 123 Å². The molecule has 0 bridgehead atoms. The van der Waals surface area contributed by atoms with E-state index in [1.165, 1.54) is 25.7 Å². The zero-order valence-corrected chi connectivity index (χ0v) is 13.4. The number of hydrogen-bond acceptors (Lipinski definition) is 1. The Morgan fingerprint density at radius 2 is 2.06 bits per heavy atom. The molecule has 0 aromatic heterocycles. The summed E-state index contributed by atoms with van der Waals surface area (Å²) in [5.74, 6) is 1.62. The first-order valence-corrected chi connectivity index (χ1v) is 7.95. The van der Waals surface area contributed by atoms with Crippen molar-refractivity contribution in [2.45, 2.75) is 45.6 Å². The molecule has 0 amide bonds. The van der Waals surface area contributed by atoms with E-state index in [-0.39, 0.29) is 0 Å². The highest BCUT2D eigenvalue weighted by Gasteiger charge is 2.31. The van der Waals surface area contributed by atoms with Crippen LogP contribution in [0.2, 0.25) is 5.02 Å². The molecule has 0 spiro atoms. The Morgan fingerprint density at radius 1 is 1.33 bits per heavy atom. The normalized spacial score (nSPS) is 16.9. The number of anilines is 1. The van der Waals surface area contributed by atoms with E-state index in [2.05, 4.69) is 41.2 Å². The van der Waals surface area contributed by atoms with Crippen LogP contribution in [0, 0.1) is 11.8 Å². The van der Waals surface area contributed by atoms with Crippen LogP contribution in [0.15, 0.2) is 22.7 Å². The summed E-state index contributed by atoms with van der Waals surface area (Å²) < 4.78 is 1.03. The monoisotopic (exact) mass is 329 g/mol. The lowest BCUT2D eigenvalue weighted by molar-refractivity contribution is 0.486. The third-order valence-corrected chi connectivity index (χ3v) is 4.32. The van der Waals surface area contributed by atoms with Crippen LogP contribution in [0.3, 0.4) is 0 Å². The topological polar surface area (TPSA) is 12.0 Å². The molecule has 1 aliphatic rings. The van der Waals surface area contributed by atoms with Gasteiger partial charge < -0.3 is 5.32 Å². The second kappa shape index (κ2) is 6.29. The molecule has 1 aromatic rings. The highest BCUT2D eigenvalue weighted by molar-refractivity contribution is 9.10. The molecule has 0 heterocycles. The molecule has 18 heavy (non-hydrogen) atoms. The average Bonchev–Trinajstić information content (AvgIpc) is 3.10. The molecule has 1 nitrogen and oxygen atoms in total. The predicted octanol–water partition coefficient (Wildman–Crippen LogP) is 5.73. The molecule has 1 atom stereocenters. The van der Waals surface area contributed by atoms with Crippen LogP contribution < -0.4 is 5.32 Å². The maximum absolute atomic E-state index is 6.27. The summed E-state index contributed by atoms with van der Waals surface area (Å²) in [4.78, 5) is 0. The van der Waals surface area contributed by atoms with Crippen molar-refractivity contribution in [1.29, 1.82) is 0 Å². The Bertz CT molecular complexity index is 401. The second-order valence-electron chi connectivity index (χ2n) is 5.68. The summed E-state index contributed by atoms with van der Waals surface area (Å²) in [5, 5.41) is 4.44. The molecule has 0 aliphatic heterocycles. The van der Waals surface area contributed by atoms with E-state index in [9.17, 15) is 0 Å². The lowest BCUT2D eigenvalue weighted by Crippen LogP contribution is -2.22. The third kappa shape index (κ3) is 4.17. The molecule has 1 N–H and O–H groups in total. The van der Waals surface area contributed by atoms with Crippen molar-refractivity contribution in [3.05, 3.63) is 27.7 Å². The molecule has 2 rings (SSSR count). The van der Waals surface area contributed by atoms with Gasteiger partial charge in [0.25, 0.3) is 0 Å². The Morgan fingerprint density at radius 3 is 2.61 bits per heavy atom. The van der Waals surface area contributed by atoms with Gasteiger partial charge in [0.15, 0.2) is 0 Å². The molecule has 1 saturated carbocycles. The molecule has 0 saturated heterocycles. The number of nitrogens with one attached hydrogen (secondary N) is 1. The largest absolute Gasteiger partial charge is 0.381 e. The van der Waals surface area contributed by atoms with Crippen molar-refractivity contribution in [1.82, 2.24) is 0 Å². The van der Waals surface area contributed by atoms with Crippen molar-refractivity contribution in [3.63, 3.8) is 0 Å². The standard InChI is InChI=1S/C15H21BrClN/c1-10(2)3-7-14(11-4-5-11)18-15-8-6-12(16)9-13(15)17/h6,8-11,14,18H,3-5,7H2,1-2H3. The van der Waals surface area contributed by atoms with Crippen molar-refractivity contribution >= 4 is 33.2 Å². The van der Waals surface area contributed by atoms with E-state index in [4.69, 9.17) is 11.6 Å².